The molecule has 3 nitrogen and oxygen atoms in total. The molecule has 2 heterocycles. The van der Waals surface area contributed by atoms with Crippen LogP contribution in [-0.4, -0.2) is 43.3 Å². The number of hydrogen-bond donors (Lipinski definition) is 1. The van der Waals surface area contributed by atoms with Crippen LogP contribution in [0.2, 0.25) is 10.0 Å². The van der Waals surface area contributed by atoms with Gasteiger partial charge in [0, 0.05) is 35.3 Å². The van der Waals surface area contributed by atoms with Gasteiger partial charge < -0.3 is 10.1 Å². The number of nitrogens with one attached hydrogen (secondary N) is 1. The maximum absolute atomic E-state index is 6.06. The van der Waals surface area contributed by atoms with Gasteiger partial charge >= 0.3 is 0 Å². The van der Waals surface area contributed by atoms with Gasteiger partial charge in [0.25, 0.3) is 0 Å². The summed E-state index contributed by atoms with van der Waals surface area (Å²) in [7, 11) is 0. The second kappa shape index (κ2) is 7.30. The van der Waals surface area contributed by atoms with Crippen LogP contribution in [0.25, 0.3) is 0 Å². The van der Waals surface area contributed by atoms with Crippen LogP contribution in [0.4, 0.5) is 0 Å². The Kier molecular flexibility index (Phi) is 5.41. The van der Waals surface area contributed by atoms with Crippen LogP contribution >= 0.6 is 23.2 Å². The molecule has 1 aromatic rings. The van der Waals surface area contributed by atoms with Crippen LogP contribution in [-0.2, 0) is 11.3 Å². The highest BCUT2D eigenvalue weighted by Crippen LogP contribution is 2.22. The van der Waals surface area contributed by atoms with Crippen molar-refractivity contribution in [3.05, 3.63) is 33.8 Å². The first-order chi connectivity index (χ1) is 10.2. The van der Waals surface area contributed by atoms with Gasteiger partial charge in [0.2, 0.25) is 0 Å². The summed E-state index contributed by atoms with van der Waals surface area (Å²) in [6.45, 7) is 4.96. The Labute approximate surface area is 136 Å². The molecule has 0 spiro atoms. The molecule has 0 saturated carbocycles. The minimum absolute atomic E-state index is 0.563. The Morgan fingerprint density at radius 3 is 2.38 bits per heavy atom. The summed E-state index contributed by atoms with van der Waals surface area (Å²) >= 11 is 12.1. The van der Waals surface area contributed by atoms with E-state index in [-0.39, 0.29) is 0 Å². The van der Waals surface area contributed by atoms with Crippen LogP contribution in [0.1, 0.15) is 24.8 Å². The third-order valence-electron chi connectivity index (χ3n) is 4.32. The maximum Gasteiger partial charge on any atom is 0.0620 e. The fraction of sp³-hybridized carbons (Fsp3) is 0.625. The zero-order chi connectivity index (χ0) is 14.7. The van der Waals surface area contributed by atoms with Gasteiger partial charge in [0.15, 0.2) is 0 Å². The molecular weight excluding hydrogens is 307 g/mol. The van der Waals surface area contributed by atoms with E-state index in [9.17, 15) is 0 Å². The molecule has 0 aliphatic carbocycles. The Morgan fingerprint density at radius 1 is 1.05 bits per heavy atom. The molecule has 21 heavy (non-hydrogen) atoms. The number of benzene rings is 1. The predicted molar refractivity (Wildman–Crippen MR) is 87.1 cm³/mol. The van der Waals surface area contributed by atoms with E-state index >= 15 is 0 Å². The molecule has 3 rings (SSSR count). The quantitative estimate of drug-likeness (QED) is 0.917. The zero-order valence-corrected chi connectivity index (χ0v) is 13.7. The summed E-state index contributed by atoms with van der Waals surface area (Å²) < 4.78 is 5.42. The Hall–Kier alpha value is -0.320. The third kappa shape index (κ3) is 4.57. The Bertz CT molecular complexity index is 449. The smallest absolute Gasteiger partial charge is 0.0620 e. The average molecular weight is 329 g/mol. The van der Waals surface area contributed by atoms with Crippen molar-refractivity contribution in [2.24, 2.45) is 0 Å². The standard InChI is InChI=1S/C16H22Cl2N2O/c17-13-7-12(8-14(18)9-13)10-20-4-1-15(2-5-20)19-16-3-6-21-11-16/h7-9,15-16,19H,1-6,10-11H2. The maximum atomic E-state index is 6.06. The first-order valence-corrected chi connectivity index (χ1v) is 8.46. The van der Waals surface area contributed by atoms with E-state index in [0.29, 0.717) is 12.1 Å². The fourth-order valence-corrected chi connectivity index (χ4v) is 3.79. The highest BCUT2D eigenvalue weighted by atomic mass is 35.5. The summed E-state index contributed by atoms with van der Waals surface area (Å²) in [4.78, 5) is 2.48. The highest BCUT2D eigenvalue weighted by Gasteiger charge is 2.23. The summed E-state index contributed by atoms with van der Waals surface area (Å²) in [5.74, 6) is 0. The molecule has 116 valence electrons. The van der Waals surface area contributed by atoms with E-state index in [1.54, 1.807) is 6.07 Å². The number of likely N-dealkylation sites (tertiary alicyclic amines) is 1. The monoisotopic (exact) mass is 328 g/mol. The molecule has 5 heteroatoms. The largest absolute Gasteiger partial charge is 0.380 e. The molecule has 1 aromatic carbocycles. The molecule has 0 radical (unpaired) electrons. The SMILES string of the molecule is Clc1cc(Cl)cc(CN2CCC(NC3CCOC3)CC2)c1. The number of halogens is 2. The van der Waals surface area contributed by atoms with Gasteiger partial charge in [-0.05, 0) is 56.1 Å². The summed E-state index contributed by atoms with van der Waals surface area (Å²) in [5, 5.41) is 5.16. The van der Waals surface area contributed by atoms with E-state index in [1.165, 1.54) is 18.4 Å². The fourth-order valence-electron chi connectivity index (χ4n) is 3.22. The van der Waals surface area contributed by atoms with Crippen molar-refractivity contribution in [3.63, 3.8) is 0 Å². The number of ether oxygens (including phenoxy) is 1. The average Bonchev–Trinajstić information content (AvgIpc) is 2.93. The molecule has 1 unspecified atom stereocenters. The van der Waals surface area contributed by atoms with Crippen molar-refractivity contribution >= 4 is 23.2 Å². The molecule has 2 saturated heterocycles. The molecule has 0 amide bonds. The third-order valence-corrected chi connectivity index (χ3v) is 4.75. The van der Waals surface area contributed by atoms with Crippen LogP contribution < -0.4 is 5.32 Å². The van der Waals surface area contributed by atoms with Gasteiger partial charge in [-0.25, -0.2) is 0 Å². The van der Waals surface area contributed by atoms with Crippen molar-refractivity contribution < 1.29 is 4.74 Å². The van der Waals surface area contributed by atoms with Crippen LogP contribution in [0.3, 0.4) is 0 Å². The van der Waals surface area contributed by atoms with Gasteiger partial charge in [-0.15, -0.1) is 0 Å². The number of piperidine rings is 1. The molecule has 2 aliphatic rings. The lowest BCUT2D eigenvalue weighted by molar-refractivity contribution is 0.168. The van der Waals surface area contributed by atoms with Crippen molar-refractivity contribution in [1.29, 1.82) is 0 Å². The lowest BCUT2D eigenvalue weighted by Gasteiger charge is -2.33. The van der Waals surface area contributed by atoms with Gasteiger partial charge in [-0.1, -0.05) is 23.2 Å². The molecule has 0 bridgehead atoms. The molecule has 2 aliphatic heterocycles. The van der Waals surface area contributed by atoms with E-state index in [1.807, 2.05) is 12.1 Å². The summed E-state index contributed by atoms with van der Waals surface area (Å²) in [6.07, 6.45) is 3.55. The Balaban J connectivity index is 1.46. The molecule has 1 atom stereocenters. The van der Waals surface area contributed by atoms with Crippen molar-refractivity contribution in [3.8, 4) is 0 Å². The van der Waals surface area contributed by atoms with E-state index in [0.717, 1.165) is 49.3 Å². The molecule has 0 aromatic heterocycles. The van der Waals surface area contributed by atoms with Crippen LogP contribution in [0.5, 0.6) is 0 Å². The van der Waals surface area contributed by atoms with Crippen molar-refractivity contribution in [2.75, 3.05) is 26.3 Å². The summed E-state index contributed by atoms with van der Waals surface area (Å²) in [5.41, 5.74) is 1.20. The van der Waals surface area contributed by atoms with Gasteiger partial charge in [0.1, 0.15) is 0 Å². The van der Waals surface area contributed by atoms with E-state index in [4.69, 9.17) is 27.9 Å². The lowest BCUT2D eigenvalue weighted by atomic mass is 10.0. The lowest BCUT2D eigenvalue weighted by Crippen LogP contribution is -2.46. The van der Waals surface area contributed by atoms with Crippen LogP contribution in [0, 0.1) is 0 Å². The number of hydrogen-bond acceptors (Lipinski definition) is 3. The number of nitrogens with zero attached hydrogens (tertiary/aromatic N) is 1. The normalized spacial score (nSPS) is 24.6. The Morgan fingerprint density at radius 2 is 1.76 bits per heavy atom. The van der Waals surface area contributed by atoms with Gasteiger partial charge in [-0.2, -0.15) is 0 Å². The van der Waals surface area contributed by atoms with Crippen molar-refractivity contribution in [1.82, 2.24) is 10.2 Å². The second-order valence-electron chi connectivity index (χ2n) is 6.06. The molecule has 1 N–H and O–H groups in total. The zero-order valence-electron chi connectivity index (χ0n) is 12.2. The minimum Gasteiger partial charge on any atom is -0.380 e. The first kappa shape index (κ1) is 15.6. The molecular formula is C16H22Cl2N2O. The van der Waals surface area contributed by atoms with Crippen molar-refractivity contribution in [2.45, 2.75) is 37.9 Å². The van der Waals surface area contributed by atoms with Gasteiger partial charge in [0.05, 0.1) is 6.61 Å². The topological polar surface area (TPSA) is 24.5 Å². The van der Waals surface area contributed by atoms with Crippen LogP contribution in [0.15, 0.2) is 18.2 Å². The van der Waals surface area contributed by atoms with E-state index in [2.05, 4.69) is 10.2 Å². The van der Waals surface area contributed by atoms with E-state index < -0.39 is 0 Å². The number of rotatable bonds is 4. The summed E-state index contributed by atoms with van der Waals surface area (Å²) in [6, 6.07) is 7.00. The first-order valence-electron chi connectivity index (χ1n) is 7.70. The molecule has 2 fully saturated rings. The minimum atomic E-state index is 0.563. The van der Waals surface area contributed by atoms with Gasteiger partial charge in [-0.3, -0.25) is 4.90 Å². The highest BCUT2D eigenvalue weighted by molar-refractivity contribution is 6.34. The second-order valence-corrected chi connectivity index (χ2v) is 6.93. The predicted octanol–water partition coefficient (Wildman–Crippen LogP) is 3.34.